The van der Waals surface area contributed by atoms with E-state index in [1.54, 1.807) is 30.3 Å². The van der Waals surface area contributed by atoms with Crippen molar-refractivity contribution >= 4 is 17.4 Å². The van der Waals surface area contributed by atoms with Crippen LogP contribution in [0.3, 0.4) is 0 Å². The van der Waals surface area contributed by atoms with Gasteiger partial charge in [-0.1, -0.05) is 25.5 Å². The van der Waals surface area contributed by atoms with Crippen LogP contribution in [-0.2, 0) is 0 Å². The molecular weight excluding hydrogens is 271 g/mol. The van der Waals surface area contributed by atoms with Gasteiger partial charge in [-0.3, -0.25) is 4.79 Å². The highest BCUT2D eigenvalue weighted by molar-refractivity contribution is 5.92. The zero-order valence-corrected chi connectivity index (χ0v) is 11.8. The zero-order chi connectivity index (χ0) is 15.1. The van der Waals surface area contributed by atoms with E-state index in [1.807, 2.05) is 0 Å². The van der Waals surface area contributed by atoms with Crippen LogP contribution in [0.1, 0.15) is 30.3 Å². The Morgan fingerprint density at radius 2 is 2.00 bits per heavy atom. The molecule has 2 N–H and O–H groups in total. The van der Waals surface area contributed by atoms with Crippen molar-refractivity contribution in [2.45, 2.75) is 19.8 Å². The quantitative estimate of drug-likeness (QED) is 0.802. The first-order valence-electron chi connectivity index (χ1n) is 6.84. The highest BCUT2D eigenvalue weighted by Gasteiger charge is 2.08. The summed E-state index contributed by atoms with van der Waals surface area (Å²) in [6, 6.07) is 9.42. The van der Waals surface area contributed by atoms with Crippen LogP contribution in [0.25, 0.3) is 0 Å². The molecule has 0 aliphatic heterocycles. The number of anilines is 2. The molecule has 2 rings (SSSR count). The third-order valence-electron chi connectivity index (χ3n) is 2.85. The first-order valence-corrected chi connectivity index (χ1v) is 6.84. The fourth-order valence-corrected chi connectivity index (χ4v) is 1.69. The van der Waals surface area contributed by atoms with Crippen molar-refractivity contribution in [3.63, 3.8) is 0 Å². The number of carbonyl (C=O) groups excluding carboxylic acids is 1. The van der Waals surface area contributed by atoms with Crippen LogP contribution in [0, 0.1) is 5.82 Å². The largest absolute Gasteiger partial charge is 0.351 e. The first kappa shape index (κ1) is 14.9. The van der Waals surface area contributed by atoms with Crippen LogP contribution < -0.4 is 10.6 Å². The van der Waals surface area contributed by atoms with Crippen molar-refractivity contribution in [3.8, 4) is 0 Å². The number of benzene rings is 1. The molecule has 0 aliphatic carbocycles. The van der Waals surface area contributed by atoms with Gasteiger partial charge in [-0.15, -0.1) is 10.2 Å². The van der Waals surface area contributed by atoms with Gasteiger partial charge in [0, 0.05) is 6.54 Å². The second kappa shape index (κ2) is 7.33. The highest BCUT2D eigenvalue weighted by Crippen LogP contribution is 2.17. The predicted molar refractivity (Wildman–Crippen MR) is 79.0 cm³/mol. The van der Waals surface area contributed by atoms with Gasteiger partial charge in [0.05, 0.1) is 5.69 Å². The van der Waals surface area contributed by atoms with E-state index in [2.05, 4.69) is 27.8 Å². The molecule has 1 amide bonds. The fraction of sp³-hybridized carbons (Fsp3) is 0.267. The number of halogens is 1. The normalized spacial score (nSPS) is 10.2. The number of para-hydroxylation sites is 1. The summed E-state index contributed by atoms with van der Waals surface area (Å²) in [7, 11) is 0. The molecule has 0 unspecified atom stereocenters. The highest BCUT2D eigenvalue weighted by atomic mass is 19.1. The summed E-state index contributed by atoms with van der Waals surface area (Å²) in [5.41, 5.74) is 0.553. The van der Waals surface area contributed by atoms with Gasteiger partial charge < -0.3 is 10.6 Å². The summed E-state index contributed by atoms with van der Waals surface area (Å²) < 4.78 is 13.5. The smallest absolute Gasteiger partial charge is 0.271 e. The van der Waals surface area contributed by atoms with E-state index >= 15 is 0 Å². The lowest BCUT2D eigenvalue weighted by Gasteiger charge is -2.07. The average molecular weight is 288 g/mol. The Labute approximate surface area is 122 Å². The van der Waals surface area contributed by atoms with E-state index < -0.39 is 0 Å². The number of rotatable bonds is 6. The molecular formula is C15H17FN4O. The molecule has 110 valence electrons. The van der Waals surface area contributed by atoms with Crippen LogP contribution in [0.2, 0.25) is 0 Å². The summed E-state index contributed by atoms with van der Waals surface area (Å²) in [5.74, 6) is -0.251. The SMILES string of the molecule is CCCCNC(=O)c1ccc(Nc2ccccc2F)nn1. The maximum atomic E-state index is 13.5. The third-order valence-corrected chi connectivity index (χ3v) is 2.85. The summed E-state index contributed by atoms with van der Waals surface area (Å²) in [4.78, 5) is 11.7. The van der Waals surface area contributed by atoms with Gasteiger partial charge in [0.2, 0.25) is 0 Å². The van der Waals surface area contributed by atoms with Crippen molar-refractivity contribution < 1.29 is 9.18 Å². The molecule has 0 saturated heterocycles. The van der Waals surface area contributed by atoms with Crippen molar-refractivity contribution in [1.29, 1.82) is 0 Å². The lowest BCUT2D eigenvalue weighted by atomic mass is 10.3. The lowest BCUT2D eigenvalue weighted by molar-refractivity contribution is 0.0947. The number of carbonyl (C=O) groups is 1. The number of hydrogen-bond acceptors (Lipinski definition) is 4. The Balaban J connectivity index is 1.99. The predicted octanol–water partition coefficient (Wildman–Crippen LogP) is 2.89. The second-order valence-corrected chi connectivity index (χ2v) is 4.52. The van der Waals surface area contributed by atoms with E-state index in [-0.39, 0.29) is 17.4 Å². The minimum absolute atomic E-state index is 0.241. The topological polar surface area (TPSA) is 66.9 Å². The zero-order valence-electron chi connectivity index (χ0n) is 11.8. The Kier molecular flexibility index (Phi) is 5.20. The number of aromatic nitrogens is 2. The number of amides is 1. The van der Waals surface area contributed by atoms with Crippen LogP contribution in [-0.4, -0.2) is 22.6 Å². The van der Waals surface area contributed by atoms with Gasteiger partial charge in [0.25, 0.3) is 5.91 Å². The Hall–Kier alpha value is -2.50. The van der Waals surface area contributed by atoms with Gasteiger partial charge in [0.1, 0.15) is 5.82 Å². The molecule has 1 heterocycles. The van der Waals surface area contributed by atoms with Gasteiger partial charge >= 0.3 is 0 Å². The Morgan fingerprint density at radius 3 is 2.67 bits per heavy atom. The van der Waals surface area contributed by atoms with E-state index in [1.165, 1.54) is 6.07 Å². The molecule has 6 heteroatoms. The number of nitrogens with zero attached hydrogens (tertiary/aromatic N) is 2. The molecule has 0 radical (unpaired) electrons. The van der Waals surface area contributed by atoms with Crippen LogP contribution in [0.4, 0.5) is 15.9 Å². The molecule has 0 aliphatic rings. The van der Waals surface area contributed by atoms with E-state index in [4.69, 9.17) is 0 Å². The monoisotopic (exact) mass is 288 g/mol. The van der Waals surface area contributed by atoms with E-state index in [0.717, 1.165) is 12.8 Å². The molecule has 0 fully saturated rings. The molecule has 0 spiro atoms. The average Bonchev–Trinajstić information content (AvgIpc) is 2.50. The lowest BCUT2D eigenvalue weighted by Crippen LogP contribution is -2.25. The number of hydrogen-bond donors (Lipinski definition) is 2. The number of unbranched alkanes of at least 4 members (excludes halogenated alkanes) is 1. The minimum Gasteiger partial charge on any atom is -0.351 e. The van der Waals surface area contributed by atoms with Crippen molar-refractivity contribution in [1.82, 2.24) is 15.5 Å². The molecule has 0 saturated carbocycles. The molecule has 2 aromatic rings. The van der Waals surface area contributed by atoms with Crippen molar-refractivity contribution in [3.05, 3.63) is 47.9 Å². The van der Waals surface area contributed by atoms with E-state index in [9.17, 15) is 9.18 Å². The van der Waals surface area contributed by atoms with Crippen molar-refractivity contribution in [2.75, 3.05) is 11.9 Å². The Bertz CT molecular complexity index is 601. The van der Waals surface area contributed by atoms with Gasteiger partial charge in [-0.05, 0) is 30.7 Å². The maximum absolute atomic E-state index is 13.5. The Morgan fingerprint density at radius 1 is 1.19 bits per heavy atom. The molecule has 21 heavy (non-hydrogen) atoms. The van der Waals surface area contributed by atoms with Crippen LogP contribution in [0.5, 0.6) is 0 Å². The minimum atomic E-state index is -0.374. The second-order valence-electron chi connectivity index (χ2n) is 4.52. The molecule has 0 bridgehead atoms. The molecule has 1 aromatic heterocycles. The van der Waals surface area contributed by atoms with Gasteiger partial charge in [-0.25, -0.2) is 4.39 Å². The molecule has 5 nitrogen and oxygen atoms in total. The van der Waals surface area contributed by atoms with Gasteiger partial charge in [0.15, 0.2) is 11.5 Å². The van der Waals surface area contributed by atoms with E-state index in [0.29, 0.717) is 18.1 Å². The summed E-state index contributed by atoms with van der Waals surface area (Å²) in [6.45, 7) is 2.67. The molecule has 1 aromatic carbocycles. The number of nitrogens with one attached hydrogen (secondary N) is 2. The summed E-state index contributed by atoms with van der Waals surface area (Å²) in [6.07, 6.45) is 1.93. The van der Waals surface area contributed by atoms with Crippen LogP contribution in [0.15, 0.2) is 36.4 Å². The fourth-order valence-electron chi connectivity index (χ4n) is 1.69. The summed E-state index contributed by atoms with van der Waals surface area (Å²) in [5, 5.41) is 13.3. The third kappa shape index (κ3) is 4.24. The standard InChI is InChI=1S/C15H17FN4O/c1-2-3-10-17-15(21)13-8-9-14(20-19-13)18-12-7-5-4-6-11(12)16/h4-9H,2-3,10H2,1H3,(H,17,21)(H,18,20). The van der Waals surface area contributed by atoms with Crippen molar-refractivity contribution in [2.24, 2.45) is 0 Å². The summed E-state index contributed by atoms with van der Waals surface area (Å²) >= 11 is 0. The van der Waals surface area contributed by atoms with Gasteiger partial charge in [-0.2, -0.15) is 0 Å². The van der Waals surface area contributed by atoms with Crippen LogP contribution >= 0.6 is 0 Å². The first-order chi connectivity index (χ1) is 10.2. The molecule has 0 atom stereocenters. The maximum Gasteiger partial charge on any atom is 0.271 e.